The molecule has 1 amide bonds. The maximum absolute atomic E-state index is 11.8. The monoisotopic (exact) mass is 315 g/mol. The minimum Gasteiger partial charge on any atom is -0.450 e. The summed E-state index contributed by atoms with van der Waals surface area (Å²) in [4.78, 5) is 20.3. The number of thioether (sulfide) groups is 1. The zero-order chi connectivity index (χ0) is 15.4. The third kappa shape index (κ3) is 3.22. The Kier molecular flexibility index (Phi) is 4.58. The van der Waals surface area contributed by atoms with Gasteiger partial charge in [0.2, 0.25) is 0 Å². The lowest BCUT2D eigenvalue weighted by Gasteiger charge is -2.20. The number of nitrogens with zero attached hydrogens (tertiary/aromatic N) is 2. The van der Waals surface area contributed by atoms with Gasteiger partial charge in [0.05, 0.1) is 17.9 Å². The molecule has 5 nitrogen and oxygen atoms in total. The van der Waals surface area contributed by atoms with E-state index in [-0.39, 0.29) is 17.4 Å². The van der Waals surface area contributed by atoms with Gasteiger partial charge in [0.25, 0.3) is 0 Å². The Labute approximate surface area is 133 Å². The second-order valence-electron chi connectivity index (χ2n) is 4.94. The van der Waals surface area contributed by atoms with E-state index in [9.17, 15) is 4.79 Å². The molecule has 0 saturated carbocycles. The standard InChI is InChI=1S/C16H17N3O2S/c1-2-21-16(20)19-13-10-11-6-3-4-7-12(11)14(13)22-15-17-8-5-9-18-15/h3-9,13-14H,2,10H2,1H3,(H,19,20)/t13-,14+/m1/s1. The molecule has 2 aromatic rings. The van der Waals surface area contributed by atoms with Gasteiger partial charge in [0.1, 0.15) is 0 Å². The minimum absolute atomic E-state index is 0.0229. The highest BCUT2D eigenvalue weighted by Gasteiger charge is 2.35. The van der Waals surface area contributed by atoms with Gasteiger partial charge in [-0.2, -0.15) is 0 Å². The molecule has 1 heterocycles. The highest BCUT2D eigenvalue weighted by molar-refractivity contribution is 7.99. The molecule has 22 heavy (non-hydrogen) atoms. The van der Waals surface area contributed by atoms with Gasteiger partial charge >= 0.3 is 6.09 Å². The van der Waals surface area contributed by atoms with E-state index >= 15 is 0 Å². The normalized spacial score (nSPS) is 19.5. The summed E-state index contributed by atoms with van der Waals surface area (Å²) in [5.41, 5.74) is 2.47. The van der Waals surface area contributed by atoms with Gasteiger partial charge in [-0.25, -0.2) is 14.8 Å². The third-order valence-electron chi connectivity index (χ3n) is 3.52. The predicted molar refractivity (Wildman–Crippen MR) is 84.7 cm³/mol. The van der Waals surface area contributed by atoms with Crippen molar-refractivity contribution in [2.45, 2.75) is 29.8 Å². The van der Waals surface area contributed by atoms with E-state index in [4.69, 9.17) is 4.74 Å². The first-order valence-electron chi connectivity index (χ1n) is 7.22. The van der Waals surface area contributed by atoms with Crippen molar-refractivity contribution in [3.05, 3.63) is 53.9 Å². The lowest BCUT2D eigenvalue weighted by molar-refractivity contribution is 0.148. The summed E-state index contributed by atoms with van der Waals surface area (Å²) < 4.78 is 5.01. The quantitative estimate of drug-likeness (QED) is 0.879. The van der Waals surface area contributed by atoms with Crippen molar-refractivity contribution in [1.82, 2.24) is 15.3 Å². The number of fused-ring (bicyclic) bond motifs is 1. The summed E-state index contributed by atoms with van der Waals surface area (Å²) in [6, 6.07) is 10.0. The Balaban J connectivity index is 1.82. The summed E-state index contributed by atoms with van der Waals surface area (Å²) in [6.07, 6.45) is 3.87. The number of aromatic nitrogens is 2. The predicted octanol–water partition coefficient (Wildman–Crippen LogP) is 2.98. The van der Waals surface area contributed by atoms with Crippen LogP contribution >= 0.6 is 11.8 Å². The molecule has 0 unspecified atom stereocenters. The van der Waals surface area contributed by atoms with Crippen molar-refractivity contribution in [1.29, 1.82) is 0 Å². The van der Waals surface area contributed by atoms with Gasteiger partial charge in [-0.05, 0) is 30.5 Å². The van der Waals surface area contributed by atoms with Gasteiger partial charge in [-0.15, -0.1) is 0 Å². The molecule has 3 rings (SSSR count). The topological polar surface area (TPSA) is 64.1 Å². The molecule has 6 heteroatoms. The lowest BCUT2D eigenvalue weighted by atomic mass is 10.1. The highest BCUT2D eigenvalue weighted by atomic mass is 32.2. The van der Waals surface area contributed by atoms with Gasteiger partial charge < -0.3 is 10.1 Å². The van der Waals surface area contributed by atoms with E-state index < -0.39 is 0 Å². The molecule has 1 aromatic heterocycles. The van der Waals surface area contributed by atoms with Crippen LogP contribution in [0.15, 0.2) is 47.9 Å². The van der Waals surface area contributed by atoms with E-state index in [2.05, 4.69) is 27.4 Å². The number of nitrogens with one attached hydrogen (secondary N) is 1. The largest absolute Gasteiger partial charge is 0.450 e. The molecule has 0 spiro atoms. The first-order chi connectivity index (χ1) is 10.8. The van der Waals surface area contributed by atoms with Crippen LogP contribution in [0, 0.1) is 0 Å². The molecule has 0 saturated heterocycles. The Morgan fingerprint density at radius 3 is 2.86 bits per heavy atom. The molecule has 1 aliphatic rings. The van der Waals surface area contributed by atoms with E-state index in [0.29, 0.717) is 11.8 Å². The van der Waals surface area contributed by atoms with Crippen LogP contribution in [0.25, 0.3) is 0 Å². The number of amides is 1. The van der Waals surface area contributed by atoms with Gasteiger partial charge in [0.15, 0.2) is 5.16 Å². The van der Waals surface area contributed by atoms with E-state index in [1.54, 1.807) is 37.1 Å². The fourth-order valence-electron chi connectivity index (χ4n) is 2.61. The summed E-state index contributed by atoms with van der Waals surface area (Å²) in [7, 11) is 0. The van der Waals surface area contributed by atoms with Gasteiger partial charge in [-0.1, -0.05) is 36.0 Å². The molecule has 0 aliphatic heterocycles. The number of rotatable bonds is 4. The average Bonchev–Trinajstić information content (AvgIpc) is 2.86. The summed E-state index contributed by atoms with van der Waals surface area (Å²) in [6.45, 7) is 2.16. The zero-order valence-corrected chi connectivity index (χ0v) is 13.0. The molecule has 0 radical (unpaired) electrons. The molecule has 114 valence electrons. The van der Waals surface area contributed by atoms with Crippen molar-refractivity contribution >= 4 is 17.9 Å². The minimum atomic E-state index is -0.375. The second-order valence-corrected chi connectivity index (χ2v) is 6.05. The molecule has 2 atom stereocenters. The van der Waals surface area contributed by atoms with Crippen LogP contribution < -0.4 is 5.32 Å². The first kappa shape index (κ1) is 14.8. The molecular weight excluding hydrogens is 298 g/mol. The summed E-state index contributed by atoms with van der Waals surface area (Å²) >= 11 is 1.57. The number of hydrogen-bond acceptors (Lipinski definition) is 5. The number of hydrogen-bond donors (Lipinski definition) is 1. The van der Waals surface area contributed by atoms with Crippen LogP contribution in [0.4, 0.5) is 4.79 Å². The SMILES string of the molecule is CCOC(=O)N[C@@H]1Cc2ccccc2[C@@H]1Sc1ncccn1. The lowest BCUT2D eigenvalue weighted by Crippen LogP contribution is -2.37. The number of alkyl carbamates (subject to hydrolysis) is 1. The maximum Gasteiger partial charge on any atom is 0.407 e. The van der Waals surface area contributed by atoms with Crippen LogP contribution in [-0.4, -0.2) is 28.7 Å². The molecular formula is C16H17N3O2S. The van der Waals surface area contributed by atoms with Crippen molar-refractivity contribution < 1.29 is 9.53 Å². The van der Waals surface area contributed by atoms with Crippen LogP contribution in [0.2, 0.25) is 0 Å². The number of ether oxygens (including phenoxy) is 1. The Morgan fingerprint density at radius 1 is 1.32 bits per heavy atom. The van der Waals surface area contributed by atoms with Crippen molar-refractivity contribution in [2.24, 2.45) is 0 Å². The van der Waals surface area contributed by atoms with Crippen molar-refractivity contribution in [3.63, 3.8) is 0 Å². The molecule has 1 aromatic carbocycles. The van der Waals surface area contributed by atoms with Crippen molar-refractivity contribution in [3.8, 4) is 0 Å². The van der Waals surface area contributed by atoms with Crippen LogP contribution in [-0.2, 0) is 11.2 Å². The first-order valence-corrected chi connectivity index (χ1v) is 8.10. The molecule has 1 aliphatic carbocycles. The van der Waals surface area contributed by atoms with Gasteiger partial charge in [-0.3, -0.25) is 0 Å². The van der Waals surface area contributed by atoms with Crippen LogP contribution in [0.1, 0.15) is 23.3 Å². The fraction of sp³-hybridized carbons (Fsp3) is 0.312. The van der Waals surface area contributed by atoms with Crippen LogP contribution in [0.3, 0.4) is 0 Å². The van der Waals surface area contributed by atoms with Crippen LogP contribution in [0.5, 0.6) is 0 Å². The van der Waals surface area contributed by atoms with E-state index in [1.807, 2.05) is 12.1 Å². The second kappa shape index (κ2) is 6.79. The van der Waals surface area contributed by atoms with Gasteiger partial charge in [0, 0.05) is 12.4 Å². The smallest absolute Gasteiger partial charge is 0.407 e. The number of carbonyl (C=O) groups excluding carboxylic acids is 1. The summed E-state index contributed by atoms with van der Waals surface area (Å²) in [5, 5.41) is 3.75. The zero-order valence-electron chi connectivity index (χ0n) is 12.2. The number of carbonyl (C=O) groups is 1. The highest BCUT2D eigenvalue weighted by Crippen LogP contribution is 2.43. The fourth-order valence-corrected chi connectivity index (χ4v) is 3.77. The summed E-state index contributed by atoms with van der Waals surface area (Å²) in [5.74, 6) is 0. The molecule has 0 bridgehead atoms. The Hall–Kier alpha value is -2.08. The Bertz CT molecular complexity index is 651. The van der Waals surface area contributed by atoms with E-state index in [0.717, 1.165) is 6.42 Å². The maximum atomic E-state index is 11.8. The molecule has 0 fully saturated rings. The van der Waals surface area contributed by atoms with E-state index in [1.165, 1.54) is 11.1 Å². The Morgan fingerprint density at radius 2 is 2.09 bits per heavy atom. The number of benzene rings is 1. The third-order valence-corrected chi connectivity index (χ3v) is 4.78. The molecule has 1 N–H and O–H groups in total. The average molecular weight is 315 g/mol. The van der Waals surface area contributed by atoms with Crippen molar-refractivity contribution in [2.75, 3.05) is 6.61 Å².